The molecule has 2 aromatic heterocycles. The first kappa shape index (κ1) is 13.2. The third-order valence-electron chi connectivity index (χ3n) is 4.15. The van der Waals surface area contributed by atoms with E-state index in [1.807, 2.05) is 0 Å². The highest BCUT2D eigenvalue weighted by Gasteiger charge is 2.36. The Morgan fingerprint density at radius 3 is 2.86 bits per heavy atom. The molecule has 2 aliphatic rings. The van der Waals surface area contributed by atoms with Gasteiger partial charge in [0.2, 0.25) is 5.89 Å². The lowest BCUT2D eigenvalue weighted by Gasteiger charge is -2.21. The standard InChI is InChI=1S/C15H15N3O4/c19-12-6-5-10(8-21-12)15(20)18-7-1-2-11(18)14-16-13(17-22-14)9-3-4-9/h5-6,8-9,11H,1-4,7H2. The quantitative estimate of drug-likeness (QED) is 0.859. The van der Waals surface area contributed by atoms with Crippen LogP contribution in [0.4, 0.5) is 0 Å². The molecule has 22 heavy (non-hydrogen) atoms. The SMILES string of the molecule is O=C(c1ccc(=O)oc1)N1CCCC1c1nc(C2CC2)no1. The molecule has 7 nitrogen and oxygen atoms in total. The smallest absolute Gasteiger partial charge is 0.335 e. The predicted octanol–water partition coefficient (Wildman–Crippen LogP) is 1.88. The van der Waals surface area contributed by atoms with Crippen molar-refractivity contribution < 1.29 is 13.7 Å². The Morgan fingerprint density at radius 1 is 1.27 bits per heavy atom. The van der Waals surface area contributed by atoms with Crippen LogP contribution in [0.2, 0.25) is 0 Å². The summed E-state index contributed by atoms with van der Waals surface area (Å²) in [6.45, 7) is 0.629. The minimum absolute atomic E-state index is 0.183. The van der Waals surface area contributed by atoms with Gasteiger partial charge in [-0.25, -0.2) is 4.79 Å². The molecule has 1 unspecified atom stereocenters. The van der Waals surface area contributed by atoms with E-state index in [-0.39, 0.29) is 11.9 Å². The summed E-state index contributed by atoms with van der Waals surface area (Å²) in [5, 5.41) is 4.02. The molecular formula is C15H15N3O4. The Hall–Kier alpha value is -2.44. The van der Waals surface area contributed by atoms with Gasteiger partial charge in [-0.05, 0) is 31.7 Å². The summed E-state index contributed by atoms with van der Waals surface area (Å²) in [6, 6.07) is 2.53. The highest BCUT2D eigenvalue weighted by molar-refractivity contribution is 5.94. The fourth-order valence-electron chi connectivity index (χ4n) is 2.80. The van der Waals surface area contributed by atoms with Gasteiger partial charge in [0, 0.05) is 18.5 Å². The van der Waals surface area contributed by atoms with E-state index in [0.717, 1.165) is 31.5 Å². The van der Waals surface area contributed by atoms with Gasteiger partial charge in [-0.15, -0.1) is 0 Å². The maximum atomic E-state index is 12.6. The summed E-state index contributed by atoms with van der Waals surface area (Å²) < 4.78 is 10.1. The largest absolute Gasteiger partial charge is 0.430 e. The second kappa shape index (κ2) is 5.08. The van der Waals surface area contributed by atoms with E-state index in [2.05, 4.69) is 10.1 Å². The van der Waals surface area contributed by atoms with Gasteiger partial charge in [0.15, 0.2) is 5.82 Å². The molecule has 1 atom stereocenters. The van der Waals surface area contributed by atoms with Crippen LogP contribution in [-0.4, -0.2) is 27.5 Å². The maximum Gasteiger partial charge on any atom is 0.335 e. The number of nitrogens with zero attached hydrogens (tertiary/aromatic N) is 3. The Morgan fingerprint density at radius 2 is 2.14 bits per heavy atom. The van der Waals surface area contributed by atoms with Crippen molar-refractivity contribution in [2.24, 2.45) is 0 Å². The molecule has 1 aliphatic heterocycles. The minimum Gasteiger partial charge on any atom is -0.430 e. The van der Waals surface area contributed by atoms with Gasteiger partial charge in [-0.1, -0.05) is 5.16 Å². The van der Waals surface area contributed by atoms with Crippen molar-refractivity contribution >= 4 is 5.91 Å². The fourth-order valence-corrected chi connectivity index (χ4v) is 2.80. The van der Waals surface area contributed by atoms with E-state index < -0.39 is 5.63 Å². The van der Waals surface area contributed by atoms with Gasteiger partial charge in [-0.2, -0.15) is 4.98 Å². The molecule has 1 saturated heterocycles. The zero-order chi connectivity index (χ0) is 15.1. The van der Waals surface area contributed by atoms with E-state index in [1.54, 1.807) is 4.90 Å². The number of aromatic nitrogens is 2. The van der Waals surface area contributed by atoms with Crippen molar-refractivity contribution in [1.29, 1.82) is 0 Å². The molecule has 1 saturated carbocycles. The number of amides is 1. The summed E-state index contributed by atoms with van der Waals surface area (Å²) in [5.74, 6) is 1.49. The van der Waals surface area contributed by atoms with Crippen molar-refractivity contribution in [3.8, 4) is 0 Å². The maximum absolute atomic E-state index is 12.6. The highest BCUT2D eigenvalue weighted by Crippen LogP contribution is 2.39. The van der Waals surface area contributed by atoms with E-state index in [9.17, 15) is 9.59 Å². The van der Waals surface area contributed by atoms with E-state index in [4.69, 9.17) is 8.94 Å². The van der Waals surface area contributed by atoms with Gasteiger partial charge in [-0.3, -0.25) is 4.79 Å². The summed E-state index contributed by atoms with van der Waals surface area (Å²) >= 11 is 0. The second-order valence-corrected chi connectivity index (χ2v) is 5.77. The summed E-state index contributed by atoms with van der Waals surface area (Å²) in [5.41, 5.74) is -0.117. The molecule has 114 valence electrons. The predicted molar refractivity (Wildman–Crippen MR) is 74.3 cm³/mol. The van der Waals surface area contributed by atoms with Crippen LogP contribution in [-0.2, 0) is 0 Å². The van der Waals surface area contributed by atoms with Gasteiger partial charge in [0.25, 0.3) is 5.91 Å². The molecule has 2 aromatic rings. The molecular weight excluding hydrogens is 286 g/mol. The van der Waals surface area contributed by atoms with Crippen LogP contribution in [0.3, 0.4) is 0 Å². The molecule has 2 fully saturated rings. The lowest BCUT2D eigenvalue weighted by Crippen LogP contribution is -2.30. The molecule has 1 amide bonds. The topological polar surface area (TPSA) is 89.4 Å². The summed E-state index contributed by atoms with van der Waals surface area (Å²) in [7, 11) is 0. The zero-order valence-corrected chi connectivity index (χ0v) is 11.9. The van der Waals surface area contributed by atoms with Crippen molar-refractivity contribution in [3.63, 3.8) is 0 Å². The Kier molecular flexibility index (Phi) is 3.06. The fraction of sp³-hybridized carbons (Fsp3) is 0.467. The van der Waals surface area contributed by atoms with Gasteiger partial charge >= 0.3 is 5.63 Å². The third-order valence-corrected chi connectivity index (χ3v) is 4.15. The third kappa shape index (κ3) is 2.32. The molecule has 4 rings (SSSR count). The van der Waals surface area contributed by atoms with Crippen LogP contribution in [0, 0.1) is 0 Å². The van der Waals surface area contributed by atoms with E-state index >= 15 is 0 Å². The lowest BCUT2D eigenvalue weighted by molar-refractivity contribution is 0.0707. The van der Waals surface area contributed by atoms with Crippen molar-refractivity contribution in [2.75, 3.05) is 6.54 Å². The van der Waals surface area contributed by atoms with Crippen molar-refractivity contribution in [2.45, 2.75) is 37.6 Å². The van der Waals surface area contributed by atoms with Gasteiger partial charge in [0.1, 0.15) is 12.3 Å². The number of hydrogen-bond donors (Lipinski definition) is 0. The molecule has 0 spiro atoms. The molecule has 0 bridgehead atoms. The first-order valence-electron chi connectivity index (χ1n) is 7.46. The molecule has 1 aliphatic carbocycles. The molecule has 7 heteroatoms. The first-order valence-corrected chi connectivity index (χ1v) is 7.46. The second-order valence-electron chi connectivity index (χ2n) is 5.77. The van der Waals surface area contributed by atoms with E-state index in [0.29, 0.717) is 23.9 Å². The lowest BCUT2D eigenvalue weighted by atomic mass is 10.2. The minimum atomic E-state index is -0.472. The normalized spacial score (nSPS) is 21.3. The van der Waals surface area contributed by atoms with E-state index in [1.165, 1.54) is 18.4 Å². The Bertz CT molecular complexity index is 742. The van der Waals surface area contributed by atoms with Gasteiger partial charge < -0.3 is 13.8 Å². The van der Waals surface area contributed by atoms with Crippen LogP contribution >= 0.6 is 0 Å². The molecule has 0 radical (unpaired) electrons. The van der Waals surface area contributed by atoms with Crippen LogP contribution in [0.25, 0.3) is 0 Å². The first-order chi connectivity index (χ1) is 10.7. The summed E-state index contributed by atoms with van der Waals surface area (Å²) in [4.78, 5) is 29.7. The average molecular weight is 301 g/mol. The zero-order valence-electron chi connectivity index (χ0n) is 11.9. The monoisotopic (exact) mass is 301 g/mol. The number of likely N-dealkylation sites (tertiary alicyclic amines) is 1. The van der Waals surface area contributed by atoms with Crippen molar-refractivity contribution in [1.82, 2.24) is 15.0 Å². The molecule has 0 N–H and O–H groups in total. The Labute approximate surface area is 125 Å². The number of carbonyl (C=O) groups is 1. The Balaban J connectivity index is 1.58. The van der Waals surface area contributed by atoms with Crippen LogP contribution in [0.15, 0.2) is 32.1 Å². The van der Waals surface area contributed by atoms with Crippen LogP contribution in [0.1, 0.15) is 59.7 Å². The highest BCUT2D eigenvalue weighted by atomic mass is 16.5. The van der Waals surface area contributed by atoms with Gasteiger partial charge in [0.05, 0.1) is 5.56 Å². The van der Waals surface area contributed by atoms with Crippen molar-refractivity contribution in [3.05, 3.63) is 46.1 Å². The number of hydrogen-bond acceptors (Lipinski definition) is 6. The molecule has 0 aromatic carbocycles. The van der Waals surface area contributed by atoms with Crippen LogP contribution in [0.5, 0.6) is 0 Å². The van der Waals surface area contributed by atoms with Crippen LogP contribution < -0.4 is 5.63 Å². The average Bonchev–Trinajstić information content (AvgIpc) is 3.08. The molecule has 3 heterocycles. The number of rotatable bonds is 3. The number of carbonyl (C=O) groups excluding carboxylic acids is 1. The summed E-state index contributed by atoms with van der Waals surface area (Å²) in [6.07, 6.45) is 5.09.